The van der Waals surface area contributed by atoms with Crippen molar-refractivity contribution in [3.8, 4) is 6.07 Å². The maximum absolute atomic E-state index is 12.0. The largest absolute Gasteiger partial charge is 0.466 e. The summed E-state index contributed by atoms with van der Waals surface area (Å²) in [5, 5.41) is 11.9. The first-order valence-electron chi connectivity index (χ1n) is 7.03. The molecule has 0 unspecified atom stereocenters. The molecule has 2 rings (SSSR count). The van der Waals surface area contributed by atoms with Crippen LogP contribution < -0.4 is 5.32 Å². The molecule has 22 heavy (non-hydrogen) atoms. The number of hydrogen-bond acceptors (Lipinski definition) is 4. The minimum atomic E-state index is -0.104. The normalized spacial score (nSPS) is 10.2. The summed E-state index contributed by atoms with van der Waals surface area (Å²) in [4.78, 5) is 12.0. The van der Waals surface area contributed by atoms with Crippen LogP contribution in [0.25, 0.3) is 0 Å². The Bertz CT molecular complexity index is 701. The van der Waals surface area contributed by atoms with Gasteiger partial charge in [-0.25, -0.2) is 0 Å². The predicted molar refractivity (Wildman–Crippen MR) is 87.8 cm³/mol. The van der Waals surface area contributed by atoms with Gasteiger partial charge in [0.05, 0.1) is 17.2 Å². The SMILES string of the molecule is Cc1cc(C(=O)NCCSCc2ccccc2C#N)c(C)o1. The number of nitrogens with zero attached hydrogens (tertiary/aromatic N) is 1. The van der Waals surface area contributed by atoms with Crippen molar-refractivity contribution in [1.29, 1.82) is 5.26 Å². The lowest BCUT2D eigenvalue weighted by atomic mass is 10.1. The minimum Gasteiger partial charge on any atom is -0.466 e. The van der Waals surface area contributed by atoms with Crippen molar-refractivity contribution in [2.24, 2.45) is 0 Å². The zero-order chi connectivity index (χ0) is 15.9. The van der Waals surface area contributed by atoms with Crippen LogP contribution in [-0.2, 0) is 5.75 Å². The van der Waals surface area contributed by atoms with Crippen LogP contribution in [0.15, 0.2) is 34.7 Å². The first-order chi connectivity index (χ1) is 10.6. The van der Waals surface area contributed by atoms with E-state index in [-0.39, 0.29) is 5.91 Å². The van der Waals surface area contributed by atoms with Gasteiger partial charge >= 0.3 is 0 Å². The van der Waals surface area contributed by atoms with Gasteiger partial charge in [-0.15, -0.1) is 0 Å². The number of thioether (sulfide) groups is 1. The highest BCUT2D eigenvalue weighted by molar-refractivity contribution is 7.98. The fraction of sp³-hybridized carbons (Fsp3) is 0.294. The molecule has 4 nitrogen and oxygen atoms in total. The van der Waals surface area contributed by atoms with Gasteiger partial charge in [-0.05, 0) is 31.5 Å². The number of furan rings is 1. The second kappa shape index (κ2) is 7.71. The number of carbonyl (C=O) groups is 1. The van der Waals surface area contributed by atoms with E-state index in [2.05, 4.69) is 11.4 Å². The average molecular weight is 314 g/mol. The Morgan fingerprint density at radius 1 is 1.36 bits per heavy atom. The average Bonchev–Trinajstić information content (AvgIpc) is 2.86. The van der Waals surface area contributed by atoms with E-state index in [1.165, 1.54) is 0 Å². The molecule has 0 atom stereocenters. The number of nitriles is 1. The molecule has 0 aliphatic heterocycles. The van der Waals surface area contributed by atoms with Crippen LogP contribution in [0.3, 0.4) is 0 Å². The Morgan fingerprint density at radius 3 is 2.82 bits per heavy atom. The van der Waals surface area contributed by atoms with Crippen LogP contribution >= 0.6 is 11.8 Å². The second-order valence-electron chi connectivity index (χ2n) is 4.90. The summed E-state index contributed by atoms with van der Waals surface area (Å²) in [5.74, 6) is 2.84. The molecule has 0 saturated heterocycles. The van der Waals surface area contributed by atoms with Crippen LogP contribution in [-0.4, -0.2) is 18.2 Å². The summed E-state index contributed by atoms with van der Waals surface area (Å²) in [5.41, 5.74) is 2.34. The number of carbonyl (C=O) groups excluding carboxylic acids is 1. The van der Waals surface area contributed by atoms with Crippen LogP contribution in [0.4, 0.5) is 0 Å². The molecule has 1 amide bonds. The number of benzene rings is 1. The number of rotatable bonds is 6. The van der Waals surface area contributed by atoms with Crippen LogP contribution in [0.5, 0.6) is 0 Å². The summed E-state index contributed by atoms with van der Waals surface area (Å²) in [6.07, 6.45) is 0. The van der Waals surface area contributed by atoms with Gasteiger partial charge < -0.3 is 9.73 Å². The molecule has 0 radical (unpaired) electrons. The van der Waals surface area contributed by atoms with E-state index in [4.69, 9.17) is 9.68 Å². The van der Waals surface area contributed by atoms with Crippen molar-refractivity contribution in [2.75, 3.05) is 12.3 Å². The molecule has 0 bridgehead atoms. The maximum Gasteiger partial charge on any atom is 0.254 e. The number of hydrogen-bond donors (Lipinski definition) is 1. The van der Waals surface area contributed by atoms with Crippen molar-refractivity contribution < 1.29 is 9.21 Å². The monoisotopic (exact) mass is 314 g/mol. The molecule has 0 saturated carbocycles. The molecule has 5 heteroatoms. The molecular weight excluding hydrogens is 296 g/mol. The van der Waals surface area contributed by atoms with Gasteiger partial charge in [0, 0.05) is 18.1 Å². The standard InChI is InChI=1S/C17H18N2O2S/c1-12-9-16(13(2)21-12)17(20)19-7-8-22-11-15-6-4-3-5-14(15)10-18/h3-6,9H,7-8,11H2,1-2H3,(H,19,20). The third-order valence-corrected chi connectivity index (χ3v) is 4.22. The summed E-state index contributed by atoms with van der Waals surface area (Å²) < 4.78 is 5.35. The maximum atomic E-state index is 12.0. The van der Waals surface area contributed by atoms with Gasteiger partial charge in [0.2, 0.25) is 0 Å². The summed E-state index contributed by atoms with van der Waals surface area (Å²) >= 11 is 1.69. The topological polar surface area (TPSA) is 66.0 Å². The Labute approximate surface area is 134 Å². The Morgan fingerprint density at radius 2 is 2.14 bits per heavy atom. The zero-order valence-electron chi connectivity index (χ0n) is 12.7. The first kappa shape index (κ1) is 16.2. The van der Waals surface area contributed by atoms with Gasteiger partial charge in [0.15, 0.2) is 0 Å². The molecule has 0 fully saturated rings. The highest BCUT2D eigenvalue weighted by Crippen LogP contribution is 2.16. The van der Waals surface area contributed by atoms with E-state index in [1.54, 1.807) is 24.8 Å². The van der Waals surface area contributed by atoms with E-state index >= 15 is 0 Å². The van der Waals surface area contributed by atoms with E-state index in [0.717, 1.165) is 22.8 Å². The van der Waals surface area contributed by atoms with Crippen molar-refractivity contribution in [2.45, 2.75) is 19.6 Å². The quantitative estimate of drug-likeness (QED) is 0.830. The van der Waals surface area contributed by atoms with Gasteiger partial charge in [-0.1, -0.05) is 18.2 Å². The first-order valence-corrected chi connectivity index (χ1v) is 8.18. The van der Waals surface area contributed by atoms with Crippen LogP contribution in [0.2, 0.25) is 0 Å². The third kappa shape index (κ3) is 4.15. The van der Waals surface area contributed by atoms with Crippen LogP contribution in [0, 0.1) is 25.2 Å². The van der Waals surface area contributed by atoms with E-state index in [1.807, 2.05) is 31.2 Å². The molecule has 1 N–H and O–H groups in total. The Balaban J connectivity index is 1.75. The Kier molecular flexibility index (Phi) is 5.68. The summed E-state index contributed by atoms with van der Waals surface area (Å²) in [6, 6.07) is 11.5. The molecule has 1 heterocycles. The second-order valence-corrected chi connectivity index (χ2v) is 6.01. The lowest BCUT2D eigenvalue weighted by Crippen LogP contribution is -2.25. The zero-order valence-corrected chi connectivity index (χ0v) is 13.5. The van der Waals surface area contributed by atoms with E-state index in [0.29, 0.717) is 23.4 Å². The third-order valence-electron chi connectivity index (χ3n) is 3.21. The van der Waals surface area contributed by atoms with E-state index in [9.17, 15) is 4.79 Å². The van der Waals surface area contributed by atoms with Crippen LogP contribution in [0.1, 0.15) is 33.0 Å². The van der Waals surface area contributed by atoms with Crippen molar-refractivity contribution in [3.05, 3.63) is 58.5 Å². The molecular formula is C17H18N2O2S. The van der Waals surface area contributed by atoms with Gasteiger partial charge in [-0.2, -0.15) is 17.0 Å². The van der Waals surface area contributed by atoms with Gasteiger partial charge in [-0.3, -0.25) is 4.79 Å². The number of aryl methyl sites for hydroxylation is 2. The highest BCUT2D eigenvalue weighted by Gasteiger charge is 2.12. The summed E-state index contributed by atoms with van der Waals surface area (Å²) in [6.45, 7) is 4.20. The van der Waals surface area contributed by atoms with E-state index < -0.39 is 0 Å². The molecule has 1 aromatic heterocycles. The fourth-order valence-electron chi connectivity index (χ4n) is 2.13. The lowest BCUT2D eigenvalue weighted by Gasteiger charge is -2.05. The van der Waals surface area contributed by atoms with Crippen molar-refractivity contribution in [1.82, 2.24) is 5.32 Å². The number of amides is 1. The van der Waals surface area contributed by atoms with Crippen molar-refractivity contribution in [3.63, 3.8) is 0 Å². The molecule has 0 spiro atoms. The van der Waals surface area contributed by atoms with Crippen molar-refractivity contribution >= 4 is 17.7 Å². The molecule has 0 aliphatic carbocycles. The smallest absolute Gasteiger partial charge is 0.254 e. The minimum absolute atomic E-state index is 0.104. The molecule has 0 aliphatic rings. The molecule has 2 aromatic rings. The predicted octanol–water partition coefficient (Wildman–Crippen LogP) is 3.43. The van der Waals surface area contributed by atoms with Gasteiger partial charge in [0.25, 0.3) is 5.91 Å². The Hall–Kier alpha value is -2.19. The highest BCUT2D eigenvalue weighted by atomic mass is 32.2. The van der Waals surface area contributed by atoms with Gasteiger partial charge in [0.1, 0.15) is 11.5 Å². The molecule has 114 valence electrons. The lowest BCUT2D eigenvalue weighted by molar-refractivity contribution is 0.0954. The molecule has 1 aromatic carbocycles. The fourth-order valence-corrected chi connectivity index (χ4v) is 2.99. The summed E-state index contributed by atoms with van der Waals surface area (Å²) in [7, 11) is 0. The number of nitrogens with one attached hydrogen (secondary N) is 1.